The van der Waals surface area contributed by atoms with Gasteiger partial charge in [0.15, 0.2) is 6.54 Å². The SMILES string of the molecule is CCCCCCCCCCOC(=O)C[N+]1(CCN2CCOCC2)CCOCC1.[Cl-]. The molecule has 2 fully saturated rings. The summed E-state index contributed by atoms with van der Waals surface area (Å²) in [4.78, 5) is 14.9. The third kappa shape index (κ3) is 11.5. The molecule has 2 rings (SSSR count). The molecule has 7 heteroatoms. The average molecular weight is 435 g/mol. The molecule has 0 aromatic rings. The van der Waals surface area contributed by atoms with Crippen LogP contribution in [0.3, 0.4) is 0 Å². The maximum atomic E-state index is 12.5. The molecule has 0 amide bonds. The topological polar surface area (TPSA) is 48.0 Å². The van der Waals surface area contributed by atoms with Gasteiger partial charge in [-0.15, -0.1) is 0 Å². The van der Waals surface area contributed by atoms with Gasteiger partial charge in [0.05, 0.1) is 39.6 Å². The van der Waals surface area contributed by atoms with Gasteiger partial charge in [-0.3, -0.25) is 4.90 Å². The summed E-state index contributed by atoms with van der Waals surface area (Å²) in [5.41, 5.74) is 0. The number of nitrogens with zero attached hydrogens (tertiary/aromatic N) is 2. The standard InChI is InChI=1S/C22H43N2O4.ClH/c1-2-3-4-5-6-7-8-9-16-28-22(25)21-24(14-19-27-20-15-24)13-10-23-11-17-26-18-12-23;/h2-21H2,1H3;1H/q+1;/p-1. The third-order valence-corrected chi connectivity index (χ3v) is 6.14. The van der Waals surface area contributed by atoms with E-state index in [1.807, 2.05) is 0 Å². The monoisotopic (exact) mass is 434 g/mol. The number of carbonyl (C=O) groups is 1. The molecule has 29 heavy (non-hydrogen) atoms. The van der Waals surface area contributed by atoms with Crippen molar-refractivity contribution in [3.63, 3.8) is 0 Å². The molecule has 0 bridgehead atoms. The molecule has 0 N–H and O–H groups in total. The first kappa shape index (κ1) is 26.6. The molecule has 0 aliphatic carbocycles. The molecule has 2 aliphatic rings. The Hall–Kier alpha value is -0.400. The lowest BCUT2D eigenvalue weighted by Gasteiger charge is -2.41. The molecular formula is C22H43ClN2O4. The highest BCUT2D eigenvalue weighted by Gasteiger charge is 2.34. The first-order chi connectivity index (χ1) is 13.7. The number of quaternary nitrogens is 1. The van der Waals surface area contributed by atoms with Crippen molar-refractivity contribution in [2.45, 2.75) is 58.3 Å². The second kappa shape index (κ2) is 16.3. The molecule has 0 unspecified atom stereocenters. The minimum absolute atomic E-state index is 0. The highest BCUT2D eigenvalue weighted by atomic mass is 35.5. The second-order valence-corrected chi connectivity index (χ2v) is 8.43. The zero-order chi connectivity index (χ0) is 19.9. The van der Waals surface area contributed by atoms with Gasteiger partial charge < -0.3 is 31.1 Å². The molecule has 0 atom stereocenters. The van der Waals surface area contributed by atoms with Gasteiger partial charge in [-0.2, -0.15) is 0 Å². The van der Waals surface area contributed by atoms with Crippen LogP contribution in [-0.4, -0.2) is 94.2 Å². The van der Waals surface area contributed by atoms with Crippen molar-refractivity contribution >= 4 is 5.97 Å². The molecule has 0 saturated carbocycles. The summed E-state index contributed by atoms with van der Waals surface area (Å²) in [7, 11) is 0. The molecular weight excluding hydrogens is 392 g/mol. The molecule has 2 saturated heterocycles. The molecule has 0 spiro atoms. The molecule has 2 aliphatic heterocycles. The lowest BCUT2D eigenvalue weighted by atomic mass is 10.1. The van der Waals surface area contributed by atoms with E-state index in [1.54, 1.807) is 0 Å². The van der Waals surface area contributed by atoms with Gasteiger partial charge >= 0.3 is 5.97 Å². The van der Waals surface area contributed by atoms with E-state index < -0.39 is 0 Å². The van der Waals surface area contributed by atoms with Gasteiger partial charge in [0, 0.05) is 19.6 Å². The number of halogens is 1. The fourth-order valence-corrected chi connectivity index (χ4v) is 4.11. The molecule has 0 aromatic carbocycles. The van der Waals surface area contributed by atoms with Crippen molar-refractivity contribution in [2.24, 2.45) is 0 Å². The summed E-state index contributed by atoms with van der Waals surface area (Å²) in [6, 6.07) is 0. The summed E-state index contributed by atoms with van der Waals surface area (Å²) < 4.78 is 17.4. The van der Waals surface area contributed by atoms with E-state index in [0.29, 0.717) is 13.2 Å². The van der Waals surface area contributed by atoms with E-state index in [4.69, 9.17) is 14.2 Å². The van der Waals surface area contributed by atoms with Crippen LogP contribution in [0.15, 0.2) is 0 Å². The Morgan fingerprint density at radius 2 is 1.48 bits per heavy atom. The second-order valence-electron chi connectivity index (χ2n) is 8.43. The first-order valence-electron chi connectivity index (χ1n) is 11.6. The number of hydrogen-bond acceptors (Lipinski definition) is 5. The van der Waals surface area contributed by atoms with Crippen LogP contribution in [0.25, 0.3) is 0 Å². The highest BCUT2D eigenvalue weighted by Crippen LogP contribution is 2.13. The average Bonchev–Trinajstić information content (AvgIpc) is 2.72. The van der Waals surface area contributed by atoms with Crippen LogP contribution in [0.4, 0.5) is 0 Å². The number of rotatable bonds is 14. The van der Waals surface area contributed by atoms with Crippen molar-refractivity contribution < 1.29 is 35.9 Å². The maximum Gasteiger partial charge on any atom is 0.361 e. The molecule has 6 nitrogen and oxygen atoms in total. The Labute approximate surface area is 184 Å². The lowest BCUT2D eigenvalue weighted by Crippen LogP contribution is -3.00. The predicted octanol–water partition coefficient (Wildman–Crippen LogP) is -0.146. The van der Waals surface area contributed by atoms with E-state index in [2.05, 4.69) is 11.8 Å². The van der Waals surface area contributed by atoms with Crippen LogP contribution >= 0.6 is 0 Å². The van der Waals surface area contributed by atoms with E-state index in [9.17, 15) is 4.79 Å². The molecule has 0 aromatic heterocycles. The number of unbranched alkanes of at least 4 members (excludes halogenated alkanes) is 7. The minimum atomic E-state index is -0.0353. The Balaban J connectivity index is 0.00000420. The zero-order valence-electron chi connectivity index (χ0n) is 18.5. The molecule has 0 radical (unpaired) electrons. The van der Waals surface area contributed by atoms with E-state index in [0.717, 1.165) is 76.6 Å². The van der Waals surface area contributed by atoms with E-state index in [-0.39, 0.29) is 18.4 Å². The fourth-order valence-electron chi connectivity index (χ4n) is 4.11. The highest BCUT2D eigenvalue weighted by molar-refractivity contribution is 5.70. The largest absolute Gasteiger partial charge is 1.00 e. The van der Waals surface area contributed by atoms with Gasteiger partial charge in [0.1, 0.15) is 13.1 Å². The summed E-state index contributed by atoms with van der Waals surface area (Å²) in [5.74, 6) is -0.0353. The van der Waals surface area contributed by atoms with Gasteiger partial charge in [0.25, 0.3) is 0 Å². The normalized spacial score (nSPS) is 19.5. The number of carbonyl (C=O) groups excluding carboxylic acids is 1. The van der Waals surface area contributed by atoms with Gasteiger partial charge in [-0.25, -0.2) is 4.79 Å². The lowest BCUT2D eigenvalue weighted by molar-refractivity contribution is -0.928. The Morgan fingerprint density at radius 3 is 2.14 bits per heavy atom. The molecule has 2 heterocycles. The van der Waals surface area contributed by atoms with Gasteiger partial charge in [0.2, 0.25) is 0 Å². The third-order valence-electron chi connectivity index (χ3n) is 6.14. The van der Waals surface area contributed by atoms with Gasteiger partial charge in [-0.05, 0) is 6.42 Å². The van der Waals surface area contributed by atoms with Gasteiger partial charge in [-0.1, -0.05) is 51.9 Å². The van der Waals surface area contributed by atoms with E-state index >= 15 is 0 Å². The summed E-state index contributed by atoms with van der Waals surface area (Å²) in [6.45, 7) is 12.3. The van der Waals surface area contributed by atoms with Crippen molar-refractivity contribution in [1.29, 1.82) is 0 Å². The molecule has 172 valence electrons. The fraction of sp³-hybridized carbons (Fsp3) is 0.955. The Kier molecular flexibility index (Phi) is 15.0. The van der Waals surface area contributed by atoms with Crippen molar-refractivity contribution in [3.8, 4) is 0 Å². The number of hydrogen-bond donors (Lipinski definition) is 0. The zero-order valence-corrected chi connectivity index (χ0v) is 19.3. The van der Waals surface area contributed by atoms with Crippen LogP contribution < -0.4 is 12.4 Å². The summed E-state index contributed by atoms with van der Waals surface area (Å²) in [5, 5.41) is 0. The van der Waals surface area contributed by atoms with Crippen LogP contribution in [0.5, 0.6) is 0 Å². The smallest absolute Gasteiger partial charge is 0.361 e. The number of ether oxygens (including phenoxy) is 3. The quantitative estimate of drug-likeness (QED) is 0.216. The predicted molar refractivity (Wildman–Crippen MR) is 111 cm³/mol. The van der Waals surface area contributed by atoms with Crippen LogP contribution in [-0.2, 0) is 19.0 Å². The Bertz CT molecular complexity index is 414. The first-order valence-corrected chi connectivity index (χ1v) is 11.6. The number of morpholine rings is 2. The number of esters is 1. The van der Waals surface area contributed by atoms with Crippen molar-refractivity contribution in [1.82, 2.24) is 4.90 Å². The minimum Gasteiger partial charge on any atom is -1.00 e. The summed E-state index contributed by atoms with van der Waals surface area (Å²) >= 11 is 0. The van der Waals surface area contributed by atoms with Crippen molar-refractivity contribution in [3.05, 3.63) is 0 Å². The van der Waals surface area contributed by atoms with Crippen LogP contribution in [0.1, 0.15) is 58.3 Å². The van der Waals surface area contributed by atoms with E-state index in [1.165, 1.54) is 44.9 Å². The maximum absolute atomic E-state index is 12.5. The van der Waals surface area contributed by atoms with Crippen molar-refractivity contribution in [2.75, 3.05) is 78.8 Å². The summed E-state index contributed by atoms with van der Waals surface area (Å²) in [6.07, 6.45) is 10.1. The van der Waals surface area contributed by atoms with Crippen LogP contribution in [0.2, 0.25) is 0 Å². The van der Waals surface area contributed by atoms with Crippen LogP contribution in [0, 0.1) is 0 Å². The Morgan fingerprint density at radius 1 is 0.897 bits per heavy atom.